The molecule has 2 rings (SSSR count). The van der Waals surface area contributed by atoms with Crippen LogP contribution in [0.2, 0.25) is 0 Å². The van der Waals surface area contributed by atoms with Crippen LogP contribution in [0.15, 0.2) is 30.3 Å². The van der Waals surface area contributed by atoms with Gasteiger partial charge in [-0.1, -0.05) is 44.2 Å². The van der Waals surface area contributed by atoms with E-state index in [1.54, 1.807) is 23.6 Å². The number of thioether (sulfide) groups is 1. The molecule has 1 heterocycles. The lowest BCUT2D eigenvalue weighted by Crippen LogP contribution is -2.49. The number of carbonyl (C=O) groups is 2. The van der Waals surface area contributed by atoms with Gasteiger partial charge in [-0.15, -0.1) is 11.8 Å². The Morgan fingerprint density at radius 3 is 2.52 bits per heavy atom. The van der Waals surface area contributed by atoms with Crippen LogP contribution in [0.25, 0.3) is 0 Å². The summed E-state index contributed by atoms with van der Waals surface area (Å²) in [6, 6.07) is 9.66. The summed E-state index contributed by atoms with van der Waals surface area (Å²) in [5, 5.41) is 3.04. The van der Waals surface area contributed by atoms with E-state index in [1.165, 1.54) is 0 Å². The van der Waals surface area contributed by atoms with Crippen LogP contribution in [-0.2, 0) is 9.59 Å². The van der Waals surface area contributed by atoms with Gasteiger partial charge in [0.25, 0.3) is 0 Å². The summed E-state index contributed by atoms with van der Waals surface area (Å²) < 4.78 is 0. The molecule has 1 aromatic rings. The molecule has 5 nitrogen and oxygen atoms in total. The topological polar surface area (TPSA) is 52.7 Å². The Morgan fingerprint density at radius 1 is 1.26 bits per heavy atom. The summed E-state index contributed by atoms with van der Waals surface area (Å²) in [7, 11) is 0. The highest BCUT2D eigenvalue weighted by Crippen LogP contribution is 2.41. The van der Waals surface area contributed by atoms with Crippen molar-refractivity contribution in [1.29, 1.82) is 0 Å². The first-order valence-corrected chi connectivity index (χ1v) is 11.0. The molecule has 0 bridgehead atoms. The van der Waals surface area contributed by atoms with Gasteiger partial charge in [-0.3, -0.25) is 9.59 Å². The Hall–Kier alpha value is -1.53. The van der Waals surface area contributed by atoms with Crippen molar-refractivity contribution in [2.75, 3.05) is 25.4 Å². The van der Waals surface area contributed by atoms with Crippen LogP contribution in [0.4, 0.5) is 0 Å². The molecule has 1 aromatic carbocycles. The maximum absolute atomic E-state index is 12.8. The van der Waals surface area contributed by atoms with E-state index in [9.17, 15) is 9.59 Å². The average Bonchev–Trinajstić information content (AvgIpc) is 3.11. The molecule has 3 unspecified atom stereocenters. The molecular weight excluding hydrogens is 358 g/mol. The van der Waals surface area contributed by atoms with E-state index in [1.807, 2.05) is 30.3 Å². The number of hydrogen-bond donors (Lipinski definition) is 1. The lowest BCUT2D eigenvalue weighted by atomic mass is 10.1. The summed E-state index contributed by atoms with van der Waals surface area (Å²) >= 11 is 1.66. The number of hydrogen-bond acceptors (Lipinski definition) is 4. The molecule has 1 saturated heterocycles. The molecule has 0 aromatic heterocycles. The van der Waals surface area contributed by atoms with E-state index in [-0.39, 0.29) is 23.2 Å². The predicted octanol–water partition coefficient (Wildman–Crippen LogP) is 3.28. The minimum atomic E-state index is -0.400. The molecule has 0 aliphatic carbocycles. The first kappa shape index (κ1) is 21.8. The van der Waals surface area contributed by atoms with Crippen molar-refractivity contribution in [1.82, 2.24) is 15.1 Å². The second-order valence-electron chi connectivity index (χ2n) is 7.12. The summed E-state index contributed by atoms with van der Waals surface area (Å²) in [5.74, 6) is 0.548. The minimum Gasteiger partial charge on any atom is -0.352 e. The predicted molar refractivity (Wildman–Crippen MR) is 113 cm³/mol. The van der Waals surface area contributed by atoms with Crippen LogP contribution in [0.5, 0.6) is 0 Å². The zero-order valence-electron chi connectivity index (χ0n) is 17.0. The number of nitrogens with zero attached hydrogens (tertiary/aromatic N) is 2. The Labute approximate surface area is 167 Å². The summed E-state index contributed by atoms with van der Waals surface area (Å²) in [4.78, 5) is 29.2. The maximum Gasteiger partial charge on any atom is 0.243 e. The highest BCUT2D eigenvalue weighted by Gasteiger charge is 2.40. The summed E-state index contributed by atoms with van der Waals surface area (Å²) in [6.45, 7) is 11.1. The van der Waals surface area contributed by atoms with Crippen molar-refractivity contribution in [3.63, 3.8) is 0 Å². The molecule has 150 valence electrons. The van der Waals surface area contributed by atoms with Gasteiger partial charge in [0.15, 0.2) is 0 Å². The van der Waals surface area contributed by atoms with Gasteiger partial charge >= 0.3 is 0 Å². The molecule has 6 heteroatoms. The number of benzene rings is 1. The van der Waals surface area contributed by atoms with E-state index in [4.69, 9.17) is 0 Å². The number of carbonyl (C=O) groups excluding carboxylic acids is 2. The molecular formula is C21H33N3O2S. The highest BCUT2D eigenvalue weighted by molar-refractivity contribution is 7.99. The van der Waals surface area contributed by atoms with E-state index in [0.717, 1.165) is 38.0 Å². The normalized spacial score (nSPS) is 20.7. The quantitative estimate of drug-likeness (QED) is 0.702. The smallest absolute Gasteiger partial charge is 0.243 e. The Kier molecular flexibility index (Phi) is 8.64. The summed E-state index contributed by atoms with van der Waals surface area (Å²) in [5.41, 5.74) is 1.07. The third-order valence-electron chi connectivity index (χ3n) is 5.15. The van der Waals surface area contributed by atoms with Crippen molar-refractivity contribution in [3.05, 3.63) is 35.9 Å². The van der Waals surface area contributed by atoms with Gasteiger partial charge in [0.05, 0.1) is 0 Å². The van der Waals surface area contributed by atoms with Crippen molar-refractivity contribution in [2.45, 2.75) is 58.0 Å². The van der Waals surface area contributed by atoms with Crippen molar-refractivity contribution < 1.29 is 9.59 Å². The second-order valence-corrected chi connectivity index (χ2v) is 8.23. The van der Waals surface area contributed by atoms with E-state index >= 15 is 0 Å². The third kappa shape index (κ3) is 5.98. The van der Waals surface area contributed by atoms with Crippen LogP contribution in [0, 0.1) is 0 Å². The molecule has 0 saturated carbocycles. The van der Waals surface area contributed by atoms with E-state index < -0.39 is 6.04 Å². The fourth-order valence-corrected chi connectivity index (χ4v) is 5.02. The fraction of sp³-hybridized carbons (Fsp3) is 0.619. The van der Waals surface area contributed by atoms with Crippen molar-refractivity contribution >= 4 is 23.6 Å². The Bertz CT molecular complexity index is 607. The molecule has 1 N–H and O–H groups in total. The van der Waals surface area contributed by atoms with Crippen LogP contribution >= 0.6 is 11.8 Å². The lowest BCUT2D eigenvalue weighted by molar-refractivity contribution is -0.138. The van der Waals surface area contributed by atoms with Gasteiger partial charge < -0.3 is 15.1 Å². The lowest BCUT2D eigenvalue weighted by Gasteiger charge is -2.29. The van der Waals surface area contributed by atoms with Gasteiger partial charge in [-0.2, -0.15) is 0 Å². The first-order valence-electron chi connectivity index (χ1n) is 9.96. The highest BCUT2D eigenvalue weighted by atomic mass is 32.2. The molecule has 1 aliphatic rings. The SMILES string of the molecule is CCN(CC)CCCC(C)NC(=O)C1CSC(c2ccccc2)N1C(C)=O. The second kappa shape index (κ2) is 10.7. The van der Waals surface area contributed by atoms with Crippen LogP contribution in [0.3, 0.4) is 0 Å². The molecule has 2 amide bonds. The standard InChI is InChI=1S/C21H33N3O2S/c1-5-23(6-2)14-10-11-16(3)22-20(26)19-15-27-21(24(19)17(4)25)18-12-8-7-9-13-18/h7-9,12-13,16,19,21H,5-6,10-11,14-15H2,1-4H3,(H,22,26). The zero-order chi connectivity index (χ0) is 19.8. The van der Waals surface area contributed by atoms with Crippen molar-refractivity contribution in [3.8, 4) is 0 Å². The molecule has 27 heavy (non-hydrogen) atoms. The molecule has 1 aliphatic heterocycles. The van der Waals surface area contributed by atoms with E-state index in [2.05, 4.69) is 31.0 Å². The molecule has 0 spiro atoms. The van der Waals surface area contributed by atoms with Gasteiger partial charge in [0.2, 0.25) is 11.8 Å². The largest absolute Gasteiger partial charge is 0.352 e. The van der Waals surface area contributed by atoms with Crippen LogP contribution in [-0.4, -0.2) is 59.1 Å². The number of amides is 2. The van der Waals surface area contributed by atoms with E-state index in [0.29, 0.717) is 5.75 Å². The van der Waals surface area contributed by atoms with Gasteiger partial charge in [0.1, 0.15) is 11.4 Å². The summed E-state index contributed by atoms with van der Waals surface area (Å²) in [6.07, 6.45) is 2.01. The van der Waals surface area contributed by atoms with Crippen LogP contribution < -0.4 is 5.32 Å². The number of rotatable bonds is 9. The maximum atomic E-state index is 12.8. The Morgan fingerprint density at radius 2 is 1.93 bits per heavy atom. The third-order valence-corrected chi connectivity index (χ3v) is 6.47. The monoisotopic (exact) mass is 391 g/mol. The first-order chi connectivity index (χ1) is 13.0. The zero-order valence-corrected chi connectivity index (χ0v) is 17.8. The fourth-order valence-electron chi connectivity index (χ4n) is 3.54. The van der Waals surface area contributed by atoms with Crippen LogP contribution in [0.1, 0.15) is 51.5 Å². The Balaban J connectivity index is 1.92. The van der Waals surface area contributed by atoms with Gasteiger partial charge in [-0.05, 0) is 45.0 Å². The molecule has 1 fully saturated rings. The van der Waals surface area contributed by atoms with Crippen molar-refractivity contribution in [2.24, 2.45) is 0 Å². The molecule has 0 radical (unpaired) electrons. The average molecular weight is 392 g/mol. The molecule has 3 atom stereocenters. The van der Waals surface area contributed by atoms with Gasteiger partial charge in [0, 0.05) is 18.7 Å². The van der Waals surface area contributed by atoms with Gasteiger partial charge in [-0.25, -0.2) is 0 Å². The number of nitrogens with one attached hydrogen (secondary N) is 1. The minimum absolute atomic E-state index is 0.0357.